The van der Waals surface area contributed by atoms with Crippen molar-refractivity contribution >= 4 is 11.6 Å². The smallest absolute Gasteiger partial charge is 0.137 e. The minimum Gasteiger partial charge on any atom is -0.492 e. The van der Waals surface area contributed by atoms with Crippen LogP contribution in [0, 0.1) is 0 Å². The summed E-state index contributed by atoms with van der Waals surface area (Å²) >= 11 is 6.02. The van der Waals surface area contributed by atoms with Crippen LogP contribution in [0.4, 0.5) is 0 Å². The minimum absolute atomic E-state index is 0.400. The quantitative estimate of drug-likeness (QED) is 0.854. The molecule has 1 aromatic carbocycles. The summed E-state index contributed by atoms with van der Waals surface area (Å²) < 4.78 is 5.47. The number of aliphatic hydroxyl groups excluding tert-OH is 1. The lowest BCUT2D eigenvalue weighted by Gasteiger charge is -2.17. The summed E-state index contributed by atoms with van der Waals surface area (Å²) in [6.45, 7) is 5.54. The van der Waals surface area contributed by atoms with Crippen molar-refractivity contribution in [3.63, 3.8) is 0 Å². The largest absolute Gasteiger partial charge is 0.492 e. The van der Waals surface area contributed by atoms with E-state index in [1.165, 1.54) is 0 Å². The Hall–Kier alpha value is -0.770. The van der Waals surface area contributed by atoms with Crippen LogP contribution in [0.2, 0.25) is 5.02 Å². The van der Waals surface area contributed by atoms with Crippen LogP contribution in [-0.4, -0.2) is 22.4 Å². The molecule has 0 aliphatic carbocycles. The van der Waals surface area contributed by atoms with Crippen LogP contribution < -0.4 is 4.74 Å². The molecule has 0 saturated carbocycles. The lowest BCUT2D eigenvalue weighted by molar-refractivity contribution is 0.0553. The molecule has 0 aromatic heterocycles. The van der Waals surface area contributed by atoms with Crippen molar-refractivity contribution in [1.29, 1.82) is 0 Å². The molecule has 0 unspecified atom stereocenters. The third-order valence-electron chi connectivity index (χ3n) is 2.41. The first-order valence-electron chi connectivity index (χ1n) is 5.62. The molecule has 0 aliphatic heterocycles. The number of benzene rings is 1. The van der Waals surface area contributed by atoms with Gasteiger partial charge in [0, 0.05) is 6.42 Å². The summed E-state index contributed by atoms with van der Waals surface area (Å²) in [7, 11) is 0. The predicted molar refractivity (Wildman–Crippen MR) is 68.5 cm³/mol. The van der Waals surface area contributed by atoms with Gasteiger partial charge >= 0.3 is 0 Å². The van der Waals surface area contributed by atoms with Crippen molar-refractivity contribution in [2.45, 2.75) is 38.9 Å². The predicted octanol–water partition coefficient (Wildman–Crippen LogP) is 2.93. The van der Waals surface area contributed by atoms with Crippen molar-refractivity contribution in [1.82, 2.24) is 0 Å². The van der Waals surface area contributed by atoms with Crippen molar-refractivity contribution in [3.05, 3.63) is 28.8 Å². The average molecular weight is 259 g/mol. The molecule has 0 saturated heterocycles. The molecular formula is C13H19ClO3. The van der Waals surface area contributed by atoms with Gasteiger partial charge < -0.3 is 14.9 Å². The third-order valence-corrected chi connectivity index (χ3v) is 2.71. The van der Waals surface area contributed by atoms with Crippen LogP contribution in [0.5, 0.6) is 5.75 Å². The number of aliphatic hydroxyl groups is 2. The zero-order chi connectivity index (χ0) is 13.1. The first-order chi connectivity index (χ1) is 7.79. The van der Waals surface area contributed by atoms with Crippen LogP contribution in [0.3, 0.4) is 0 Å². The van der Waals surface area contributed by atoms with Crippen molar-refractivity contribution in [2.24, 2.45) is 0 Å². The van der Waals surface area contributed by atoms with Gasteiger partial charge in [0.05, 0.1) is 23.3 Å². The Morgan fingerprint density at radius 2 is 2.06 bits per heavy atom. The van der Waals surface area contributed by atoms with E-state index in [0.717, 1.165) is 5.56 Å². The van der Waals surface area contributed by atoms with Crippen molar-refractivity contribution in [3.8, 4) is 5.75 Å². The van der Waals surface area contributed by atoms with Gasteiger partial charge in [-0.2, -0.15) is 0 Å². The summed E-state index contributed by atoms with van der Waals surface area (Å²) in [5.41, 5.74) is 0.0105. The average Bonchev–Trinajstić information content (AvgIpc) is 2.18. The van der Waals surface area contributed by atoms with E-state index in [9.17, 15) is 10.2 Å². The van der Waals surface area contributed by atoms with Crippen molar-refractivity contribution < 1.29 is 14.9 Å². The van der Waals surface area contributed by atoms with Gasteiger partial charge in [0.1, 0.15) is 5.75 Å². The fourth-order valence-electron chi connectivity index (χ4n) is 1.30. The first kappa shape index (κ1) is 14.3. The standard InChI is InChI=1S/C13H19ClO3/c1-9(15)10-4-5-12(11(14)8-10)17-7-6-13(2,3)16/h4-5,8-9,15-16H,6-7H2,1-3H3/t9-/m1/s1. The number of hydrogen-bond donors (Lipinski definition) is 2. The van der Waals surface area contributed by atoms with E-state index in [-0.39, 0.29) is 0 Å². The molecule has 0 bridgehead atoms. The molecule has 0 fully saturated rings. The number of halogens is 1. The summed E-state index contributed by atoms with van der Waals surface area (Å²) in [6, 6.07) is 5.19. The molecule has 0 amide bonds. The Labute approximate surface area is 107 Å². The van der Waals surface area contributed by atoms with E-state index in [1.54, 1.807) is 39.0 Å². The van der Waals surface area contributed by atoms with Crippen LogP contribution in [0.1, 0.15) is 38.9 Å². The Kier molecular flexibility index (Phi) is 4.80. The van der Waals surface area contributed by atoms with Crippen LogP contribution >= 0.6 is 11.6 Å². The highest BCUT2D eigenvalue weighted by molar-refractivity contribution is 6.32. The maximum Gasteiger partial charge on any atom is 0.137 e. The lowest BCUT2D eigenvalue weighted by atomic mass is 10.1. The van der Waals surface area contributed by atoms with Gasteiger partial charge in [-0.15, -0.1) is 0 Å². The summed E-state index contributed by atoms with van der Waals surface area (Å²) in [4.78, 5) is 0. The second kappa shape index (κ2) is 5.71. The molecule has 3 nitrogen and oxygen atoms in total. The van der Waals surface area contributed by atoms with Gasteiger partial charge in [0.15, 0.2) is 0 Å². The topological polar surface area (TPSA) is 49.7 Å². The highest BCUT2D eigenvalue weighted by atomic mass is 35.5. The van der Waals surface area contributed by atoms with E-state index in [0.29, 0.717) is 23.8 Å². The summed E-state index contributed by atoms with van der Waals surface area (Å²) in [6.07, 6.45) is -0.0143. The molecule has 1 atom stereocenters. The molecule has 4 heteroatoms. The molecule has 17 heavy (non-hydrogen) atoms. The lowest BCUT2D eigenvalue weighted by Crippen LogP contribution is -2.21. The molecule has 0 heterocycles. The van der Waals surface area contributed by atoms with Crippen LogP contribution in [0.25, 0.3) is 0 Å². The maximum atomic E-state index is 9.54. The van der Waals surface area contributed by atoms with Gasteiger partial charge in [-0.05, 0) is 38.5 Å². The van der Waals surface area contributed by atoms with E-state index < -0.39 is 11.7 Å². The number of ether oxygens (including phenoxy) is 1. The zero-order valence-corrected chi connectivity index (χ0v) is 11.2. The fraction of sp³-hybridized carbons (Fsp3) is 0.538. The zero-order valence-electron chi connectivity index (χ0n) is 10.4. The normalized spacial score (nSPS) is 13.5. The summed E-state index contributed by atoms with van der Waals surface area (Å²) in [5, 5.41) is 19.4. The molecule has 1 rings (SSSR count). The molecule has 96 valence electrons. The maximum absolute atomic E-state index is 9.54. The Morgan fingerprint density at radius 1 is 1.41 bits per heavy atom. The Morgan fingerprint density at radius 3 is 2.53 bits per heavy atom. The third kappa shape index (κ3) is 4.94. The fourth-order valence-corrected chi connectivity index (χ4v) is 1.55. The molecule has 0 radical (unpaired) electrons. The van der Waals surface area contributed by atoms with Crippen molar-refractivity contribution in [2.75, 3.05) is 6.61 Å². The van der Waals surface area contributed by atoms with Gasteiger partial charge in [0.2, 0.25) is 0 Å². The van der Waals surface area contributed by atoms with E-state index in [1.807, 2.05) is 0 Å². The minimum atomic E-state index is -0.744. The Balaban J connectivity index is 2.61. The highest BCUT2D eigenvalue weighted by Crippen LogP contribution is 2.28. The van der Waals surface area contributed by atoms with E-state index in [4.69, 9.17) is 16.3 Å². The summed E-state index contributed by atoms with van der Waals surface area (Å²) in [5.74, 6) is 0.570. The Bertz CT molecular complexity index is 369. The van der Waals surface area contributed by atoms with Gasteiger partial charge in [-0.3, -0.25) is 0 Å². The second-order valence-electron chi connectivity index (χ2n) is 4.78. The monoisotopic (exact) mass is 258 g/mol. The van der Waals surface area contributed by atoms with Gasteiger partial charge in [-0.25, -0.2) is 0 Å². The molecule has 0 aliphatic rings. The highest BCUT2D eigenvalue weighted by Gasteiger charge is 2.13. The van der Waals surface area contributed by atoms with E-state index >= 15 is 0 Å². The van der Waals surface area contributed by atoms with E-state index in [2.05, 4.69) is 0 Å². The number of hydrogen-bond acceptors (Lipinski definition) is 3. The van der Waals surface area contributed by atoms with Crippen LogP contribution in [0.15, 0.2) is 18.2 Å². The molecule has 0 spiro atoms. The molecule has 2 N–H and O–H groups in total. The van der Waals surface area contributed by atoms with Crippen LogP contribution in [-0.2, 0) is 0 Å². The van der Waals surface area contributed by atoms with Gasteiger partial charge in [-0.1, -0.05) is 17.7 Å². The number of rotatable bonds is 5. The molecule has 1 aromatic rings. The second-order valence-corrected chi connectivity index (χ2v) is 5.18. The van der Waals surface area contributed by atoms with Gasteiger partial charge in [0.25, 0.3) is 0 Å². The SMILES string of the molecule is C[C@@H](O)c1ccc(OCCC(C)(C)O)c(Cl)c1. The first-order valence-corrected chi connectivity index (χ1v) is 6.00. The molecular weight excluding hydrogens is 240 g/mol.